The lowest BCUT2D eigenvalue weighted by molar-refractivity contribution is -0.102. The van der Waals surface area contributed by atoms with E-state index in [1.54, 1.807) is 0 Å². The Morgan fingerprint density at radius 1 is 1.65 bits per heavy atom. The number of nitrogens with two attached hydrogens (primary N) is 1. The molecule has 0 unspecified atom stereocenters. The molecule has 0 radical (unpaired) electrons. The standard InChI is InChI=1S/C10H11F2N5O3/c11-10(12)1-5(20-4(10)2-18)17-8(19)6-7(15-3-14-6)16-9(17)13/h3-5,18H,1-2H2,(H2,13,16)(H,14,15)/t4-,5-/m0/s1. The van der Waals surface area contributed by atoms with Crippen LogP contribution in [-0.4, -0.2) is 43.3 Å². The molecule has 0 saturated carbocycles. The lowest BCUT2D eigenvalue weighted by Gasteiger charge is -2.15. The number of hydrogen-bond donors (Lipinski definition) is 3. The molecule has 3 rings (SSSR count). The van der Waals surface area contributed by atoms with Gasteiger partial charge in [0.2, 0.25) is 5.95 Å². The molecule has 0 aromatic carbocycles. The quantitative estimate of drug-likeness (QED) is 0.692. The summed E-state index contributed by atoms with van der Waals surface area (Å²) in [5.41, 5.74) is 5.12. The highest BCUT2D eigenvalue weighted by molar-refractivity contribution is 5.69. The number of aromatic amines is 1. The maximum absolute atomic E-state index is 13.6. The lowest BCUT2D eigenvalue weighted by atomic mass is 10.2. The number of nitrogen functional groups attached to an aromatic ring is 1. The van der Waals surface area contributed by atoms with Crippen LogP contribution in [-0.2, 0) is 4.74 Å². The van der Waals surface area contributed by atoms with E-state index in [0.29, 0.717) is 0 Å². The number of fused-ring (bicyclic) bond motifs is 1. The summed E-state index contributed by atoms with van der Waals surface area (Å²) in [6.07, 6.45) is -2.46. The molecule has 2 aromatic rings. The minimum absolute atomic E-state index is 0.0542. The Balaban J connectivity index is 2.09. The van der Waals surface area contributed by atoms with Crippen LogP contribution < -0.4 is 11.3 Å². The van der Waals surface area contributed by atoms with Gasteiger partial charge in [0.15, 0.2) is 11.2 Å². The van der Waals surface area contributed by atoms with E-state index in [-0.39, 0.29) is 17.1 Å². The molecule has 1 aliphatic heterocycles. The van der Waals surface area contributed by atoms with Crippen molar-refractivity contribution in [2.45, 2.75) is 24.7 Å². The van der Waals surface area contributed by atoms with Crippen molar-refractivity contribution < 1.29 is 18.6 Å². The zero-order chi connectivity index (χ0) is 14.5. The molecule has 0 amide bonds. The first-order valence-corrected chi connectivity index (χ1v) is 5.79. The first-order chi connectivity index (χ1) is 9.44. The summed E-state index contributed by atoms with van der Waals surface area (Å²) in [7, 11) is 0. The molecule has 20 heavy (non-hydrogen) atoms. The van der Waals surface area contributed by atoms with Gasteiger partial charge in [-0.1, -0.05) is 0 Å². The smallest absolute Gasteiger partial charge is 0.283 e. The highest BCUT2D eigenvalue weighted by Gasteiger charge is 2.51. The Bertz CT molecular complexity index is 712. The van der Waals surface area contributed by atoms with Gasteiger partial charge in [-0.05, 0) is 0 Å². The van der Waals surface area contributed by atoms with Crippen LogP contribution in [0.25, 0.3) is 11.2 Å². The number of anilines is 1. The number of aliphatic hydroxyl groups is 1. The molecule has 108 valence electrons. The monoisotopic (exact) mass is 287 g/mol. The number of aliphatic hydroxyl groups excluding tert-OH is 1. The maximum atomic E-state index is 13.6. The fourth-order valence-electron chi connectivity index (χ4n) is 2.22. The fraction of sp³-hybridized carbons (Fsp3) is 0.500. The second-order valence-electron chi connectivity index (χ2n) is 4.47. The van der Waals surface area contributed by atoms with Crippen LogP contribution in [0, 0.1) is 0 Å². The van der Waals surface area contributed by atoms with Gasteiger partial charge in [0.05, 0.1) is 19.4 Å². The van der Waals surface area contributed by atoms with Gasteiger partial charge in [-0.3, -0.25) is 4.79 Å². The number of nitrogens with one attached hydrogen (secondary N) is 1. The van der Waals surface area contributed by atoms with Crippen LogP contribution in [0.15, 0.2) is 11.1 Å². The number of alkyl halides is 2. The van der Waals surface area contributed by atoms with Crippen molar-refractivity contribution in [3.63, 3.8) is 0 Å². The molecule has 10 heteroatoms. The third-order valence-corrected chi connectivity index (χ3v) is 3.21. The van der Waals surface area contributed by atoms with E-state index in [1.165, 1.54) is 6.33 Å². The van der Waals surface area contributed by atoms with E-state index < -0.39 is 36.8 Å². The van der Waals surface area contributed by atoms with Crippen LogP contribution in [0.2, 0.25) is 0 Å². The average molecular weight is 287 g/mol. The largest absolute Gasteiger partial charge is 0.393 e. The van der Waals surface area contributed by atoms with Crippen molar-refractivity contribution >= 4 is 17.1 Å². The molecular weight excluding hydrogens is 276 g/mol. The molecule has 1 saturated heterocycles. The minimum atomic E-state index is -3.24. The van der Waals surface area contributed by atoms with Gasteiger partial charge in [0.25, 0.3) is 11.5 Å². The van der Waals surface area contributed by atoms with E-state index >= 15 is 0 Å². The van der Waals surface area contributed by atoms with Gasteiger partial charge in [-0.2, -0.15) is 4.98 Å². The summed E-state index contributed by atoms with van der Waals surface area (Å²) in [6, 6.07) is 0. The maximum Gasteiger partial charge on any atom is 0.283 e. The number of halogens is 2. The summed E-state index contributed by atoms with van der Waals surface area (Å²) >= 11 is 0. The topological polar surface area (TPSA) is 119 Å². The Morgan fingerprint density at radius 2 is 2.40 bits per heavy atom. The highest BCUT2D eigenvalue weighted by atomic mass is 19.3. The molecule has 8 nitrogen and oxygen atoms in total. The minimum Gasteiger partial charge on any atom is -0.393 e. The Labute approximate surface area is 110 Å². The molecule has 2 aromatic heterocycles. The van der Waals surface area contributed by atoms with E-state index in [4.69, 9.17) is 15.6 Å². The SMILES string of the molecule is Nc1nc2nc[nH]c2c(=O)n1[C@@H]1CC(F)(F)[C@H](CO)O1. The predicted octanol–water partition coefficient (Wildman–Crippen LogP) is -0.383. The first-order valence-electron chi connectivity index (χ1n) is 5.79. The number of rotatable bonds is 2. The van der Waals surface area contributed by atoms with Crippen molar-refractivity contribution in [3.8, 4) is 0 Å². The summed E-state index contributed by atoms with van der Waals surface area (Å²) in [6.45, 7) is -0.849. The first kappa shape index (κ1) is 12.9. The number of aromatic nitrogens is 4. The average Bonchev–Trinajstić information content (AvgIpc) is 2.93. The normalized spacial score (nSPS) is 25.4. The Morgan fingerprint density at radius 3 is 3.05 bits per heavy atom. The van der Waals surface area contributed by atoms with Crippen molar-refractivity contribution in [1.82, 2.24) is 19.5 Å². The van der Waals surface area contributed by atoms with Crippen LogP contribution in [0.1, 0.15) is 12.6 Å². The van der Waals surface area contributed by atoms with Gasteiger partial charge in [-0.15, -0.1) is 0 Å². The zero-order valence-corrected chi connectivity index (χ0v) is 10.1. The molecule has 1 aliphatic rings. The molecule has 0 bridgehead atoms. The van der Waals surface area contributed by atoms with Gasteiger partial charge in [-0.25, -0.2) is 18.3 Å². The van der Waals surface area contributed by atoms with Crippen LogP contribution >= 0.6 is 0 Å². The van der Waals surface area contributed by atoms with Gasteiger partial charge in [0, 0.05) is 0 Å². The second kappa shape index (κ2) is 4.21. The second-order valence-corrected chi connectivity index (χ2v) is 4.47. The molecule has 4 N–H and O–H groups in total. The molecular formula is C10H11F2N5O3. The summed E-state index contributed by atoms with van der Waals surface area (Å²) < 4.78 is 33.0. The molecule has 0 spiro atoms. The highest BCUT2D eigenvalue weighted by Crippen LogP contribution is 2.40. The van der Waals surface area contributed by atoms with E-state index in [0.717, 1.165) is 4.57 Å². The third kappa shape index (κ3) is 1.76. The van der Waals surface area contributed by atoms with Gasteiger partial charge in [0.1, 0.15) is 12.3 Å². The summed E-state index contributed by atoms with van der Waals surface area (Å²) in [5.74, 6) is -3.51. The van der Waals surface area contributed by atoms with Crippen LogP contribution in [0.5, 0.6) is 0 Å². The van der Waals surface area contributed by atoms with Gasteiger partial charge >= 0.3 is 0 Å². The van der Waals surface area contributed by atoms with E-state index in [2.05, 4.69) is 15.0 Å². The van der Waals surface area contributed by atoms with E-state index in [9.17, 15) is 13.6 Å². The molecule has 3 heterocycles. The zero-order valence-electron chi connectivity index (χ0n) is 10.1. The van der Waals surface area contributed by atoms with Crippen molar-refractivity contribution in [2.75, 3.05) is 12.3 Å². The lowest BCUT2D eigenvalue weighted by Crippen LogP contribution is -2.31. The summed E-state index contributed by atoms with van der Waals surface area (Å²) in [5, 5.41) is 8.89. The fourth-order valence-corrected chi connectivity index (χ4v) is 2.22. The number of ether oxygens (including phenoxy) is 1. The molecule has 2 atom stereocenters. The molecule has 0 aliphatic carbocycles. The number of imidazole rings is 1. The predicted molar refractivity (Wildman–Crippen MR) is 63.1 cm³/mol. The Hall–Kier alpha value is -2.07. The van der Waals surface area contributed by atoms with E-state index in [1.807, 2.05) is 0 Å². The third-order valence-electron chi connectivity index (χ3n) is 3.21. The van der Waals surface area contributed by atoms with Crippen LogP contribution in [0.3, 0.4) is 0 Å². The molecule has 1 fully saturated rings. The number of nitrogens with zero attached hydrogens (tertiary/aromatic N) is 3. The van der Waals surface area contributed by atoms with Crippen molar-refractivity contribution in [2.24, 2.45) is 0 Å². The van der Waals surface area contributed by atoms with Crippen molar-refractivity contribution in [3.05, 3.63) is 16.7 Å². The number of hydrogen-bond acceptors (Lipinski definition) is 6. The van der Waals surface area contributed by atoms with Crippen molar-refractivity contribution in [1.29, 1.82) is 0 Å². The van der Waals surface area contributed by atoms with Crippen LogP contribution in [0.4, 0.5) is 14.7 Å². The summed E-state index contributed by atoms with van der Waals surface area (Å²) in [4.78, 5) is 22.4. The number of H-pyrrole nitrogens is 1. The Kier molecular flexibility index (Phi) is 2.73. The van der Waals surface area contributed by atoms with Gasteiger partial charge < -0.3 is 20.6 Å².